The lowest BCUT2D eigenvalue weighted by Gasteiger charge is -2.33. The summed E-state index contributed by atoms with van der Waals surface area (Å²) in [4.78, 5) is 29.0. The summed E-state index contributed by atoms with van der Waals surface area (Å²) in [6.45, 7) is 1.51. The van der Waals surface area contributed by atoms with Gasteiger partial charge in [-0.3, -0.25) is 13.9 Å². The molecule has 0 saturated heterocycles. The first-order valence-corrected chi connectivity index (χ1v) is 15.5. The molecule has 1 atom stereocenters. The Morgan fingerprint density at radius 3 is 2.07 bits per heavy atom. The number of amides is 2. The van der Waals surface area contributed by atoms with Crippen LogP contribution in [0.2, 0.25) is 5.02 Å². The number of benzene rings is 4. The Balaban J connectivity index is 1.77. The van der Waals surface area contributed by atoms with E-state index in [0.29, 0.717) is 10.8 Å². The minimum absolute atomic E-state index is 0.0201. The van der Waals surface area contributed by atoms with Gasteiger partial charge in [-0.1, -0.05) is 71.8 Å². The molecule has 0 aliphatic carbocycles. The van der Waals surface area contributed by atoms with E-state index in [1.807, 2.05) is 61.5 Å². The van der Waals surface area contributed by atoms with E-state index in [0.717, 1.165) is 21.0 Å². The Hall–Kier alpha value is -4.34. The molecule has 43 heavy (non-hydrogen) atoms. The summed E-state index contributed by atoms with van der Waals surface area (Å²) in [5.74, 6) is -0.413. The van der Waals surface area contributed by atoms with Crippen molar-refractivity contribution in [3.05, 3.63) is 125 Å². The fourth-order valence-corrected chi connectivity index (χ4v) is 6.16. The van der Waals surface area contributed by atoms with Crippen LogP contribution >= 0.6 is 11.6 Å². The second-order valence-electron chi connectivity index (χ2n) is 9.99. The van der Waals surface area contributed by atoms with Gasteiger partial charge in [0.2, 0.25) is 11.8 Å². The number of hydrogen-bond donors (Lipinski definition) is 1. The number of likely N-dealkylation sites (N-methyl/N-ethyl adjacent to an activating group) is 1. The summed E-state index contributed by atoms with van der Waals surface area (Å²) < 4.78 is 34.3. The van der Waals surface area contributed by atoms with Gasteiger partial charge in [-0.05, 0) is 66.6 Å². The van der Waals surface area contributed by atoms with Gasteiger partial charge in [0.15, 0.2) is 0 Å². The van der Waals surface area contributed by atoms with Crippen molar-refractivity contribution in [2.24, 2.45) is 0 Å². The van der Waals surface area contributed by atoms with Crippen molar-refractivity contribution in [3.63, 3.8) is 0 Å². The smallest absolute Gasteiger partial charge is 0.264 e. The maximum absolute atomic E-state index is 14.3. The van der Waals surface area contributed by atoms with Crippen LogP contribution in [0, 0.1) is 6.92 Å². The molecule has 0 spiro atoms. The molecule has 4 aromatic carbocycles. The van der Waals surface area contributed by atoms with Crippen molar-refractivity contribution < 1.29 is 22.7 Å². The summed E-state index contributed by atoms with van der Waals surface area (Å²) in [5.41, 5.74) is 2.96. The fourth-order valence-electron chi connectivity index (χ4n) is 4.62. The SMILES string of the molecule is CNC(=O)C(Cc1ccccc1)N(Cc1ccc(C)cc1)C(=O)CN(c1ccc(Cl)cc1)S(=O)(=O)c1ccc(OC)cc1. The van der Waals surface area contributed by atoms with Gasteiger partial charge in [0, 0.05) is 25.0 Å². The average Bonchev–Trinajstić information content (AvgIpc) is 3.03. The Bertz CT molecular complexity index is 1630. The van der Waals surface area contributed by atoms with E-state index in [-0.39, 0.29) is 29.5 Å². The Morgan fingerprint density at radius 2 is 1.49 bits per heavy atom. The Labute approximate surface area is 257 Å². The monoisotopic (exact) mass is 619 g/mol. The van der Waals surface area contributed by atoms with Crippen molar-refractivity contribution in [2.45, 2.75) is 30.8 Å². The molecule has 4 aromatic rings. The first kappa shape index (κ1) is 31.6. The number of carbonyl (C=O) groups is 2. The number of aryl methyl sites for hydroxylation is 1. The zero-order chi connectivity index (χ0) is 31.0. The van der Waals surface area contributed by atoms with Crippen LogP contribution in [0.15, 0.2) is 108 Å². The summed E-state index contributed by atoms with van der Waals surface area (Å²) >= 11 is 6.11. The van der Waals surface area contributed by atoms with E-state index in [9.17, 15) is 18.0 Å². The molecule has 0 aliphatic heterocycles. The average molecular weight is 620 g/mol. The minimum atomic E-state index is -4.22. The fraction of sp³-hybridized carbons (Fsp3) is 0.212. The minimum Gasteiger partial charge on any atom is -0.497 e. The van der Waals surface area contributed by atoms with Crippen LogP contribution in [0.4, 0.5) is 5.69 Å². The predicted octanol–water partition coefficient (Wildman–Crippen LogP) is 5.24. The van der Waals surface area contributed by atoms with Crippen molar-refractivity contribution in [1.82, 2.24) is 10.2 Å². The maximum atomic E-state index is 14.3. The van der Waals surface area contributed by atoms with Gasteiger partial charge in [0.25, 0.3) is 10.0 Å². The number of ether oxygens (including phenoxy) is 1. The molecule has 10 heteroatoms. The number of rotatable bonds is 12. The second kappa shape index (κ2) is 14.2. The second-order valence-corrected chi connectivity index (χ2v) is 12.3. The number of carbonyl (C=O) groups excluding carboxylic acids is 2. The highest BCUT2D eigenvalue weighted by molar-refractivity contribution is 7.92. The van der Waals surface area contributed by atoms with E-state index >= 15 is 0 Å². The molecule has 1 unspecified atom stereocenters. The standard InChI is InChI=1S/C33H34ClN3O5S/c1-24-9-11-26(12-10-24)22-36(31(33(39)35-2)21-25-7-5-4-6-8-25)32(38)23-37(28-15-13-27(34)14-16-28)43(40,41)30-19-17-29(42-3)18-20-30/h4-20,31H,21-23H2,1-3H3,(H,35,39). The molecule has 0 heterocycles. The highest BCUT2D eigenvalue weighted by atomic mass is 35.5. The number of hydrogen-bond acceptors (Lipinski definition) is 5. The molecule has 8 nitrogen and oxygen atoms in total. The molecule has 0 aliphatic rings. The molecule has 4 rings (SSSR count). The summed E-state index contributed by atoms with van der Waals surface area (Å²) in [5, 5.41) is 3.10. The lowest BCUT2D eigenvalue weighted by atomic mass is 10.0. The number of sulfonamides is 1. The molecule has 224 valence electrons. The normalized spacial score (nSPS) is 11.8. The number of methoxy groups -OCH3 is 1. The van der Waals surface area contributed by atoms with Crippen LogP contribution in [0.1, 0.15) is 16.7 Å². The van der Waals surface area contributed by atoms with Crippen molar-refractivity contribution in [2.75, 3.05) is 25.0 Å². The van der Waals surface area contributed by atoms with E-state index < -0.39 is 28.5 Å². The molecule has 0 aromatic heterocycles. The molecule has 0 fully saturated rings. The summed E-state index contributed by atoms with van der Waals surface area (Å²) in [7, 11) is -1.22. The highest BCUT2D eigenvalue weighted by Crippen LogP contribution is 2.27. The van der Waals surface area contributed by atoms with Crippen molar-refractivity contribution in [3.8, 4) is 5.75 Å². The molecule has 0 saturated carbocycles. The third-order valence-corrected chi connectivity index (χ3v) is 9.07. The third kappa shape index (κ3) is 7.94. The predicted molar refractivity (Wildman–Crippen MR) is 169 cm³/mol. The van der Waals surface area contributed by atoms with Crippen LogP contribution in [0.3, 0.4) is 0 Å². The summed E-state index contributed by atoms with van der Waals surface area (Å²) in [6.07, 6.45) is 0.240. The first-order chi connectivity index (χ1) is 20.6. The van der Waals surface area contributed by atoms with E-state index in [1.165, 1.54) is 31.2 Å². The van der Waals surface area contributed by atoms with Crippen molar-refractivity contribution >= 4 is 39.1 Å². The van der Waals surface area contributed by atoms with Crippen LogP contribution in [0.25, 0.3) is 0 Å². The van der Waals surface area contributed by atoms with Crippen LogP contribution in [-0.2, 0) is 32.6 Å². The molecular formula is C33H34ClN3O5S. The first-order valence-electron chi connectivity index (χ1n) is 13.6. The number of nitrogens with one attached hydrogen (secondary N) is 1. The zero-order valence-electron chi connectivity index (χ0n) is 24.2. The largest absolute Gasteiger partial charge is 0.497 e. The Morgan fingerprint density at radius 1 is 0.860 bits per heavy atom. The zero-order valence-corrected chi connectivity index (χ0v) is 25.8. The molecule has 1 N–H and O–H groups in total. The molecule has 0 bridgehead atoms. The Kier molecular flexibility index (Phi) is 10.4. The van der Waals surface area contributed by atoms with Gasteiger partial charge < -0.3 is 15.0 Å². The topological polar surface area (TPSA) is 96.0 Å². The lowest BCUT2D eigenvalue weighted by Crippen LogP contribution is -2.53. The van der Waals surface area contributed by atoms with Gasteiger partial charge in [0.05, 0.1) is 17.7 Å². The van der Waals surface area contributed by atoms with Crippen LogP contribution < -0.4 is 14.4 Å². The third-order valence-electron chi connectivity index (χ3n) is 7.03. The number of nitrogens with zero attached hydrogens (tertiary/aromatic N) is 2. The van der Waals surface area contributed by atoms with Gasteiger partial charge >= 0.3 is 0 Å². The lowest BCUT2D eigenvalue weighted by molar-refractivity contribution is -0.139. The highest BCUT2D eigenvalue weighted by Gasteiger charge is 2.34. The quantitative estimate of drug-likeness (QED) is 0.234. The van der Waals surface area contributed by atoms with Crippen LogP contribution in [0.5, 0.6) is 5.75 Å². The van der Waals surface area contributed by atoms with Gasteiger partial charge in [-0.2, -0.15) is 0 Å². The molecule has 0 radical (unpaired) electrons. The van der Waals surface area contributed by atoms with E-state index in [4.69, 9.17) is 16.3 Å². The van der Waals surface area contributed by atoms with E-state index in [1.54, 1.807) is 36.4 Å². The van der Waals surface area contributed by atoms with Gasteiger partial charge in [-0.25, -0.2) is 8.42 Å². The molecular weight excluding hydrogens is 586 g/mol. The number of anilines is 1. The van der Waals surface area contributed by atoms with Gasteiger partial charge in [-0.15, -0.1) is 0 Å². The van der Waals surface area contributed by atoms with Gasteiger partial charge in [0.1, 0.15) is 18.3 Å². The summed E-state index contributed by atoms with van der Waals surface area (Å²) in [6, 6.07) is 28.3. The maximum Gasteiger partial charge on any atom is 0.264 e. The molecule has 2 amide bonds. The van der Waals surface area contributed by atoms with Crippen molar-refractivity contribution in [1.29, 1.82) is 0 Å². The number of halogens is 1. The van der Waals surface area contributed by atoms with E-state index in [2.05, 4.69) is 5.32 Å². The van der Waals surface area contributed by atoms with Crippen LogP contribution in [-0.4, -0.2) is 51.9 Å².